The minimum Gasteiger partial charge on any atom is -0.255 e. The zero-order valence-corrected chi connectivity index (χ0v) is 17.6. The molecule has 2 aliphatic carbocycles. The molecule has 1 spiro atoms. The van der Waals surface area contributed by atoms with E-state index in [4.69, 9.17) is 0 Å². The summed E-state index contributed by atoms with van der Waals surface area (Å²) >= 11 is 3.84. The largest absolute Gasteiger partial charge is 0.255 e. The van der Waals surface area contributed by atoms with Crippen LogP contribution in [0.4, 0.5) is 0 Å². The molecule has 1 nitrogen and oxygen atoms in total. The van der Waals surface area contributed by atoms with Gasteiger partial charge in [0.15, 0.2) is 0 Å². The number of pyridine rings is 1. The molecule has 2 aliphatic rings. The first-order chi connectivity index (χ1) is 14.8. The van der Waals surface area contributed by atoms with Crippen molar-refractivity contribution in [1.29, 1.82) is 0 Å². The van der Waals surface area contributed by atoms with Gasteiger partial charge in [0, 0.05) is 16.1 Å². The monoisotopic (exact) mass is 445 g/mol. The van der Waals surface area contributed by atoms with Crippen LogP contribution >= 0.6 is 15.9 Å². The van der Waals surface area contributed by atoms with Crippen LogP contribution in [0.25, 0.3) is 33.2 Å². The van der Waals surface area contributed by atoms with Crippen LogP contribution in [0, 0.1) is 0 Å². The highest BCUT2D eigenvalue weighted by molar-refractivity contribution is 9.10. The Hall–Kier alpha value is -3.23. The molecule has 0 saturated heterocycles. The van der Waals surface area contributed by atoms with Gasteiger partial charge in [-0.3, -0.25) is 4.98 Å². The molecule has 0 aliphatic heterocycles. The van der Waals surface area contributed by atoms with Crippen molar-refractivity contribution in [3.05, 3.63) is 124 Å². The maximum Gasteiger partial charge on any atom is 0.0850 e. The van der Waals surface area contributed by atoms with Gasteiger partial charge >= 0.3 is 0 Å². The van der Waals surface area contributed by atoms with E-state index < -0.39 is 0 Å². The Morgan fingerprint density at radius 3 is 1.83 bits per heavy atom. The Kier molecular flexibility index (Phi) is 3.13. The van der Waals surface area contributed by atoms with E-state index in [1.807, 2.05) is 12.3 Å². The van der Waals surface area contributed by atoms with Crippen LogP contribution in [-0.4, -0.2) is 4.98 Å². The van der Waals surface area contributed by atoms with Gasteiger partial charge in [0.1, 0.15) is 0 Å². The van der Waals surface area contributed by atoms with Crippen LogP contribution in [-0.2, 0) is 5.41 Å². The van der Waals surface area contributed by atoms with Crippen molar-refractivity contribution in [3.63, 3.8) is 0 Å². The third-order valence-electron chi connectivity index (χ3n) is 6.80. The van der Waals surface area contributed by atoms with Crippen molar-refractivity contribution in [1.82, 2.24) is 4.98 Å². The van der Waals surface area contributed by atoms with Gasteiger partial charge in [0.2, 0.25) is 0 Å². The number of hydrogen-bond donors (Lipinski definition) is 0. The predicted molar refractivity (Wildman–Crippen MR) is 126 cm³/mol. The molecule has 0 N–H and O–H groups in total. The van der Waals surface area contributed by atoms with Gasteiger partial charge in [0.05, 0.1) is 10.9 Å². The number of benzene rings is 4. The second-order valence-electron chi connectivity index (χ2n) is 8.07. The molecule has 140 valence electrons. The first kappa shape index (κ1) is 16.6. The maximum atomic E-state index is 4.69. The van der Waals surface area contributed by atoms with E-state index in [0.717, 1.165) is 9.99 Å². The Bertz CT molecular complexity index is 1470. The summed E-state index contributed by atoms with van der Waals surface area (Å²) in [6, 6.07) is 33.2. The van der Waals surface area contributed by atoms with E-state index in [1.165, 1.54) is 49.9 Å². The summed E-state index contributed by atoms with van der Waals surface area (Å²) in [5.41, 5.74) is 11.4. The predicted octanol–water partition coefficient (Wildman–Crippen LogP) is 7.34. The van der Waals surface area contributed by atoms with Gasteiger partial charge in [-0.2, -0.15) is 0 Å². The topological polar surface area (TPSA) is 12.9 Å². The van der Waals surface area contributed by atoms with Gasteiger partial charge in [-0.15, -0.1) is 0 Å². The van der Waals surface area contributed by atoms with Gasteiger partial charge in [-0.1, -0.05) is 78.9 Å². The molecule has 30 heavy (non-hydrogen) atoms. The van der Waals surface area contributed by atoms with Gasteiger partial charge < -0.3 is 0 Å². The van der Waals surface area contributed by atoms with E-state index in [0.29, 0.717) is 0 Å². The molecule has 4 aromatic carbocycles. The molecule has 0 unspecified atom stereocenters. The zero-order chi connectivity index (χ0) is 19.9. The molecule has 2 heteroatoms. The fourth-order valence-corrected chi connectivity index (χ4v) is 6.33. The Morgan fingerprint density at radius 1 is 0.600 bits per heavy atom. The summed E-state index contributed by atoms with van der Waals surface area (Å²) in [5, 5.41) is 1.20. The average Bonchev–Trinajstić information content (AvgIpc) is 3.27. The molecule has 0 amide bonds. The molecule has 7 rings (SSSR count). The lowest BCUT2D eigenvalue weighted by Gasteiger charge is -2.30. The van der Waals surface area contributed by atoms with Crippen LogP contribution in [0.1, 0.15) is 22.3 Å². The fraction of sp³-hybridized carbons (Fsp3) is 0.0357. The molecule has 0 fully saturated rings. The van der Waals surface area contributed by atoms with Crippen LogP contribution < -0.4 is 0 Å². The molecular formula is C28H16BrN. The van der Waals surface area contributed by atoms with Gasteiger partial charge in [-0.25, -0.2) is 0 Å². The van der Waals surface area contributed by atoms with E-state index in [2.05, 4.69) is 106 Å². The smallest absolute Gasteiger partial charge is 0.0850 e. The minimum atomic E-state index is -0.300. The molecular weight excluding hydrogens is 430 g/mol. The van der Waals surface area contributed by atoms with Gasteiger partial charge in [0.25, 0.3) is 0 Å². The second kappa shape index (κ2) is 5.68. The van der Waals surface area contributed by atoms with Gasteiger partial charge in [-0.05, 0) is 72.6 Å². The maximum absolute atomic E-state index is 4.69. The number of hydrogen-bond acceptors (Lipinski definition) is 1. The average molecular weight is 446 g/mol. The van der Waals surface area contributed by atoms with Crippen LogP contribution in [0.15, 0.2) is 102 Å². The number of fused-ring (bicyclic) bond motifs is 12. The van der Waals surface area contributed by atoms with Crippen LogP contribution in [0.3, 0.4) is 0 Å². The summed E-state index contributed by atoms with van der Waals surface area (Å²) in [6.07, 6.45) is 1.87. The number of nitrogens with zero attached hydrogens (tertiary/aromatic N) is 1. The van der Waals surface area contributed by atoms with Crippen molar-refractivity contribution in [2.24, 2.45) is 0 Å². The van der Waals surface area contributed by atoms with Crippen molar-refractivity contribution in [3.8, 4) is 22.3 Å². The number of halogens is 1. The highest BCUT2D eigenvalue weighted by Crippen LogP contribution is 2.63. The quantitative estimate of drug-likeness (QED) is 0.238. The van der Waals surface area contributed by atoms with Crippen molar-refractivity contribution in [2.75, 3.05) is 0 Å². The summed E-state index contributed by atoms with van der Waals surface area (Å²) in [5.74, 6) is 0. The van der Waals surface area contributed by atoms with E-state index in [-0.39, 0.29) is 5.41 Å². The molecule has 1 aromatic heterocycles. The van der Waals surface area contributed by atoms with E-state index in [1.54, 1.807) is 0 Å². The molecule has 0 bridgehead atoms. The molecule has 0 saturated carbocycles. The molecule has 0 radical (unpaired) electrons. The highest BCUT2D eigenvalue weighted by atomic mass is 79.9. The lowest BCUT2D eigenvalue weighted by Crippen LogP contribution is -2.25. The first-order valence-corrected chi connectivity index (χ1v) is 11.0. The standard InChI is InChI=1S/C28H16BrN/c29-25-16-24-26(20-11-7-15-30-27(20)25)19-10-3-6-14-23(19)28(24)21-12-4-1-8-17(21)18-9-2-5-13-22(18)28/h1-16H. The zero-order valence-electron chi connectivity index (χ0n) is 16.1. The third kappa shape index (κ3) is 1.78. The first-order valence-electron chi connectivity index (χ1n) is 10.2. The Balaban J connectivity index is 1.77. The highest BCUT2D eigenvalue weighted by Gasteiger charge is 2.52. The van der Waals surface area contributed by atoms with Crippen LogP contribution in [0.2, 0.25) is 0 Å². The van der Waals surface area contributed by atoms with Crippen molar-refractivity contribution >= 4 is 26.8 Å². The molecule has 0 atom stereocenters. The fourth-order valence-electron chi connectivity index (χ4n) is 5.78. The molecule has 5 aromatic rings. The lowest BCUT2D eigenvalue weighted by atomic mass is 9.70. The van der Waals surface area contributed by atoms with Crippen molar-refractivity contribution < 1.29 is 0 Å². The summed E-state index contributed by atoms with van der Waals surface area (Å²) in [7, 11) is 0. The Morgan fingerprint density at radius 2 is 1.17 bits per heavy atom. The Labute approximate surface area is 183 Å². The number of aromatic nitrogens is 1. The number of rotatable bonds is 0. The van der Waals surface area contributed by atoms with Crippen LogP contribution in [0.5, 0.6) is 0 Å². The third-order valence-corrected chi connectivity index (χ3v) is 7.40. The summed E-state index contributed by atoms with van der Waals surface area (Å²) < 4.78 is 1.05. The lowest BCUT2D eigenvalue weighted by molar-refractivity contribution is 0.794. The van der Waals surface area contributed by atoms with E-state index in [9.17, 15) is 0 Å². The van der Waals surface area contributed by atoms with Crippen molar-refractivity contribution in [2.45, 2.75) is 5.41 Å². The SMILES string of the molecule is Brc1cc2c(c3cccnc13)-c1ccccc1C21c2ccccc2-c2ccccc21. The second-order valence-corrected chi connectivity index (χ2v) is 8.92. The normalized spacial score (nSPS) is 14.4. The van der Waals surface area contributed by atoms with E-state index >= 15 is 0 Å². The summed E-state index contributed by atoms with van der Waals surface area (Å²) in [4.78, 5) is 4.69. The minimum absolute atomic E-state index is 0.300. The summed E-state index contributed by atoms with van der Waals surface area (Å²) in [6.45, 7) is 0. The molecule has 1 heterocycles.